The first-order valence-electron chi connectivity index (χ1n) is 7.26. The zero-order valence-electron chi connectivity index (χ0n) is 11.8. The summed E-state index contributed by atoms with van der Waals surface area (Å²) < 4.78 is 27.3. The summed E-state index contributed by atoms with van der Waals surface area (Å²) in [6.45, 7) is 4.14. The molecule has 112 valence electrons. The summed E-state index contributed by atoms with van der Waals surface area (Å²) in [5.74, 6) is 0.129. The lowest BCUT2D eigenvalue weighted by molar-refractivity contribution is -0.129. The number of carbonyl (C=O) groups is 1. The Balaban J connectivity index is 1.95. The van der Waals surface area contributed by atoms with Crippen LogP contribution >= 0.6 is 0 Å². The summed E-state index contributed by atoms with van der Waals surface area (Å²) in [6.07, 6.45) is 3.46. The SMILES string of the molecule is C=C[C@H]1CN(S(=O)(=O)c2ccccc2)[C@@H]2CCC(=O)[C@H]1C2. The first-order chi connectivity index (χ1) is 10.0. The monoisotopic (exact) mass is 305 g/mol. The van der Waals surface area contributed by atoms with Gasteiger partial charge in [-0.05, 0) is 25.0 Å². The number of benzene rings is 1. The molecule has 2 aliphatic rings. The quantitative estimate of drug-likeness (QED) is 0.805. The molecule has 0 spiro atoms. The second-order valence-corrected chi connectivity index (χ2v) is 7.68. The van der Waals surface area contributed by atoms with Crippen LogP contribution in [0.25, 0.3) is 0 Å². The molecule has 0 amide bonds. The number of rotatable bonds is 3. The van der Waals surface area contributed by atoms with E-state index < -0.39 is 10.0 Å². The van der Waals surface area contributed by atoms with Gasteiger partial charge in [-0.2, -0.15) is 4.31 Å². The molecule has 1 aromatic carbocycles. The van der Waals surface area contributed by atoms with Crippen molar-refractivity contribution in [3.05, 3.63) is 43.0 Å². The second kappa shape index (κ2) is 5.39. The van der Waals surface area contributed by atoms with Crippen LogP contribution in [0.15, 0.2) is 47.9 Å². The van der Waals surface area contributed by atoms with Gasteiger partial charge in [-0.15, -0.1) is 6.58 Å². The van der Waals surface area contributed by atoms with Gasteiger partial charge in [0, 0.05) is 30.8 Å². The number of fused-ring (bicyclic) bond motifs is 2. The first kappa shape index (κ1) is 14.5. The summed E-state index contributed by atoms with van der Waals surface area (Å²) in [7, 11) is -3.50. The average molecular weight is 305 g/mol. The molecular weight excluding hydrogens is 286 g/mol. The van der Waals surface area contributed by atoms with Crippen molar-refractivity contribution in [1.29, 1.82) is 0 Å². The van der Waals surface area contributed by atoms with E-state index in [1.165, 1.54) is 0 Å². The third kappa shape index (κ3) is 2.45. The summed E-state index contributed by atoms with van der Waals surface area (Å²) in [6, 6.07) is 8.45. The Morgan fingerprint density at radius 2 is 1.95 bits per heavy atom. The molecule has 3 atom stereocenters. The zero-order chi connectivity index (χ0) is 15.0. The predicted octanol–water partition coefficient (Wildman–Crippen LogP) is 2.23. The number of hydrogen-bond donors (Lipinski definition) is 0. The van der Waals surface area contributed by atoms with Gasteiger partial charge in [0.1, 0.15) is 5.78 Å². The lowest BCUT2D eigenvalue weighted by Crippen LogP contribution is -2.53. The molecular formula is C16H19NO3S. The number of hydrogen-bond acceptors (Lipinski definition) is 3. The van der Waals surface area contributed by atoms with Crippen molar-refractivity contribution in [1.82, 2.24) is 4.31 Å². The average Bonchev–Trinajstić information content (AvgIpc) is 2.51. The van der Waals surface area contributed by atoms with E-state index in [1.54, 1.807) is 40.7 Å². The van der Waals surface area contributed by atoms with E-state index in [0.29, 0.717) is 30.7 Å². The smallest absolute Gasteiger partial charge is 0.243 e. The molecule has 3 rings (SSSR count). The third-order valence-electron chi connectivity index (χ3n) is 4.63. The Morgan fingerprint density at radius 1 is 1.24 bits per heavy atom. The fourth-order valence-corrected chi connectivity index (χ4v) is 5.18. The van der Waals surface area contributed by atoms with Crippen molar-refractivity contribution in [3.8, 4) is 0 Å². The van der Waals surface area contributed by atoms with E-state index in [9.17, 15) is 13.2 Å². The van der Waals surface area contributed by atoms with E-state index >= 15 is 0 Å². The summed E-state index contributed by atoms with van der Waals surface area (Å²) in [5, 5.41) is 0. The topological polar surface area (TPSA) is 54.5 Å². The number of nitrogens with zero attached hydrogens (tertiary/aromatic N) is 1. The Hall–Kier alpha value is -1.46. The molecule has 1 aromatic rings. The van der Waals surface area contributed by atoms with Gasteiger partial charge in [0.2, 0.25) is 10.0 Å². The fraction of sp³-hybridized carbons (Fsp3) is 0.438. The molecule has 4 nitrogen and oxygen atoms in total. The van der Waals surface area contributed by atoms with Crippen molar-refractivity contribution in [2.75, 3.05) is 6.54 Å². The van der Waals surface area contributed by atoms with Crippen LogP contribution in [0.1, 0.15) is 19.3 Å². The largest absolute Gasteiger partial charge is 0.299 e. The van der Waals surface area contributed by atoms with Gasteiger partial charge in [0.25, 0.3) is 0 Å². The third-order valence-corrected chi connectivity index (χ3v) is 6.56. The zero-order valence-corrected chi connectivity index (χ0v) is 12.6. The molecule has 0 N–H and O–H groups in total. The summed E-state index contributed by atoms with van der Waals surface area (Å²) in [4.78, 5) is 12.3. The van der Waals surface area contributed by atoms with Crippen LogP contribution in [-0.4, -0.2) is 31.1 Å². The van der Waals surface area contributed by atoms with Gasteiger partial charge >= 0.3 is 0 Å². The lowest BCUT2D eigenvalue weighted by atomic mass is 9.74. The lowest BCUT2D eigenvalue weighted by Gasteiger charge is -2.44. The minimum atomic E-state index is -3.50. The van der Waals surface area contributed by atoms with Gasteiger partial charge in [0.05, 0.1) is 4.90 Å². The highest BCUT2D eigenvalue weighted by molar-refractivity contribution is 7.89. The van der Waals surface area contributed by atoms with Crippen LogP contribution in [0.5, 0.6) is 0 Å². The molecule has 0 unspecified atom stereocenters. The predicted molar refractivity (Wildman–Crippen MR) is 80.2 cm³/mol. The summed E-state index contributed by atoms with van der Waals surface area (Å²) in [5.41, 5.74) is 0. The maximum atomic E-state index is 12.8. The minimum Gasteiger partial charge on any atom is -0.299 e. The highest BCUT2D eigenvalue weighted by atomic mass is 32.2. The molecule has 1 heterocycles. The number of piperidine rings is 1. The van der Waals surface area contributed by atoms with Crippen LogP contribution in [-0.2, 0) is 14.8 Å². The molecule has 0 aromatic heterocycles. The van der Waals surface area contributed by atoms with E-state index in [1.807, 2.05) is 0 Å². The van der Waals surface area contributed by atoms with Crippen molar-refractivity contribution in [3.63, 3.8) is 0 Å². The standard InChI is InChI=1S/C16H19NO3S/c1-2-12-11-17(13-8-9-16(18)15(12)10-13)21(19,20)14-6-4-3-5-7-14/h2-7,12-13,15H,1,8-11H2/t12-,13+,15-/m0/s1. The van der Waals surface area contributed by atoms with Crippen LogP contribution in [0, 0.1) is 11.8 Å². The Kier molecular flexibility index (Phi) is 3.71. The highest BCUT2D eigenvalue weighted by Gasteiger charge is 2.45. The van der Waals surface area contributed by atoms with Crippen molar-refractivity contribution in [2.24, 2.45) is 11.8 Å². The Morgan fingerprint density at radius 3 is 2.62 bits per heavy atom. The van der Waals surface area contributed by atoms with Crippen LogP contribution in [0.4, 0.5) is 0 Å². The first-order valence-corrected chi connectivity index (χ1v) is 8.70. The van der Waals surface area contributed by atoms with E-state index in [2.05, 4.69) is 6.58 Å². The molecule has 1 saturated heterocycles. The van der Waals surface area contributed by atoms with Crippen LogP contribution < -0.4 is 0 Å². The molecule has 1 saturated carbocycles. The number of Topliss-reactive ketones (excluding diaryl/α,β-unsaturated/α-hetero) is 1. The van der Waals surface area contributed by atoms with Crippen LogP contribution in [0.3, 0.4) is 0 Å². The van der Waals surface area contributed by atoms with Crippen molar-refractivity contribution < 1.29 is 13.2 Å². The number of sulfonamides is 1. The molecule has 21 heavy (non-hydrogen) atoms. The summed E-state index contributed by atoms with van der Waals surface area (Å²) >= 11 is 0. The molecule has 1 aliphatic heterocycles. The molecule has 5 heteroatoms. The number of carbonyl (C=O) groups excluding carboxylic acids is 1. The molecule has 1 aliphatic carbocycles. The molecule has 2 fully saturated rings. The fourth-order valence-electron chi connectivity index (χ4n) is 3.46. The maximum Gasteiger partial charge on any atom is 0.243 e. The minimum absolute atomic E-state index is 0.0523. The van der Waals surface area contributed by atoms with Gasteiger partial charge in [0.15, 0.2) is 0 Å². The maximum absolute atomic E-state index is 12.8. The second-order valence-electron chi connectivity index (χ2n) is 5.79. The van der Waals surface area contributed by atoms with Gasteiger partial charge in [-0.3, -0.25) is 4.79 Å². The van der Waals surface area contributed by atoms with Crippen molar-refractivity contribution in [2.45, 2.75) is 30.2 Å². The highest BCUT2D eigenvalue weighted by Crippen LogP contribution is 2.39. The Labute approximate surface area is 125 Å². The van der Waals surface area contributed by atoms with Gasteiger partial charge in [-0.25, -0.2) is 8.42 Å². The normalized spacial score (nSPS) is 30.1. The van der Waals surface area contributed by atoms with E-state index in [0.717, 1.165) is 0 Å². The van der Waals surface area contributed by atoms with E-state index in [-0.39, 0.29) is 23.7 Å². The van der Waals surface area contributed by atoms with Crippen molar-refractivity contribution >= 4 is 15.8 Å². The van der Waals surface area contributed by atoms with Gasteiger partial charge < -0.3 is 0 Å². The molecule has 0 radical (unpaired) electrons. The number of ketones is 1. The van der Waals surface area contributed by atoms with Crippen LogP contribution in [0.2, 0.25) is 0 Å². The van der Waals surface area contributed by atoms with Gasteiger partial charge in [-0.1, -0.05) is 24.3 Å². The van der Waals surface area contributed by atoms with E-state index in [4.69, 9.17) is 0 Å². The Bertz CT molecular complexity index is 653. The molecule has 2 bridgehead atoms.